The molecule has 0 aliphatic heterocycles. The Morgan fingerprint density at radius 1 is 1.21 bits per heavy atom. The van der Waals surface area contributed by atoms with Crippen molar-refractivity contribution >= 4 is 22.5 Å². The second-order valence-electron chi connectivity index (χ2n) is 4.35. The topological polar surface area (TPSA) is 17.0 Å². The Morgan fingerprint density at radius 3 is 2.50 bits per heavy atom. The van der Waals surface area contributed by atoms with Crippen molar-refractivity contribution in [1.82, 2.24) is 0 Å². The summed E-state index contributed by atoms with van der Waals surface area (Å²) in [7, 11) is 0. The molecule has 0 radical (unpaired) electrons. The second kappa shape index (κ2) is 2.99. The Bertz CT molecular complexity index is 468. The number of benzene rings is 1. The first-order chi connectivity index (χ1) is 6.50. The van der Waals surface area contributed by atoms with E-state index in [2.05, 4.69) is 20.8 Å². The van der Waals surface area contributed by atoms with E-state index in [1.807, 2.05) is 29.0 Å². The van der Waals surface area contributed by atoms with Crippen molar-refractivity contribution in [3.8, 4) is 0 Å². The van der Waals surface area contributed by atoms with E-state index in [9.17, 15) is 0 Å². The van der Waals surface area contributed by atoms with Gasteiger partial charge in [0.15, 0.2) is 0 Å². The van der Waals surface area contributed by atoms with E-state index in [1.54, 1.807) is 0 Å². The quantitative estimate of drug-likeness (QED) is 0.611. The number of rotatable bonds is 0. The van der Waals surface area contributed by atoms with Crippen molar-refractivity contribution in [3.05, 3.63) is 29.5 Å². The Balaban J connectivity index is 2.80. The number of para-hydroxylation sites is 1. The first kappa shape index (κ1) is 9.53. The third-order valence-electron chi connectivity index (χ3n) is 2.12. The van der Waals surface area contributed by atoms with Gasteiger partial charge in [-0.05, 0) is 22.4 Å². The molecule has 0 aliphatic carbocycles. The van der Waals surface area contributed by atoms with Crippen molar-refractivity contribution in [2.75, 3.05) is 0 Å². The predicted molar refractivity (Wildman–Crippen MR) is 56.4 cm³/mol. The van der Waals surface area contributed by atoms with E-state index in [4.69, 9.17) is 16.1 Å². The van der Waals surface area contributed by atoms with Crippen LogP contribution in [0.15, 0.2) is 28.8 Å². The maximum Gasteiger partial charge on any atom is 0.284 e. The van der Waals surface area contributed by atoms with Crippen LogP contribution in [0.25, 0.3) is 10.9 Å². The van der Waals surface area contributed by atoms with Gasteiger partial charge in [0.1, 0.15) is 5.39 Å². The van der Waals surface area contributed by atoms with Crippen molar-refractivity contribution in [3.63, 3.8) is 0 Å². The van der Waals surface area contributed by atoms with Crippen LogP contribution in [0.5, 0.6) is 0 Å². The third kappa shape index (κ3) is 1.40. The molecule has 3 heteroatoms. The number of hydrogen-bond donors (Lipinski definition) is 0. The lowest BCUT2D eigenvalue weighted by atomic mass is 10.1. The standard InChI is InChI=1S/C11H13ClNO/c1-11(2,3)13-9-7-5-4-6-8(9)10(12)14-13/h4-7H,1-3H3/q+1. The molecule has 0 atom stereocenters. The van der Waals surface area contributed by atoms with Crippen LogP contribution in [0, 0.1) is 0 Å². The summed E-state index contributed by atoms with van der Waals surface area (Å²) in [4.78, 5) is 0. The van der Waals surface area contributed by atoms with E-state index in [-0.39, 0.29) is 5.54 Å². The predicted octanol–water partition coefficient (Wildman–Crippen LogP) is 3.13. The highest BCUT2D eigenvalue weighted by Crippen LogP contribution is 2.23. The van der Waals surface area contributed by atoms with E-state index in [1.165, 1.54) is 0 Å². The van der Waals surface area contributed by atoms with Gasteiger partial charge in [-0.25, -0.2) is 4.52 Å². The molecule has 0 aliphatic rings. The molecule has 74 valence electrons. The highest BCUT2D eigenvalue weighted by Gasteiger charge is 2.31. The Labute approximate surface area is 88.1 Å². The van der Waals surface area contributed by atoms with Crippen LogP contribution < -0.4 is 4.74 Å². The molecule has 0 bridgehead atoms. The molecule has 0 saturated heterocycles. The Hall–Kier alpha value is -1.02. The van der Waals surface area contributed by atoms with Crippen molar-refractivity contribution < 1.29 is 9.26 Å². The van der Waals surface area contributed by atoms with E-state index in [0.29, 0.717) is 5.22 Å². The van der Waals surface area contributed by atoms with Gasteiger partial charge in [-0.2, -0.15) is 0 Å². The zero-order valence-electron chi connectivity index (χ0n) is 8.54. The summed E-state index contributed by atoms with van der Waals surface area (Å²) in [6.45, 7) is 6.25. The maximum absolute atomic E-state index is 6.00. The molecular weight excluding hydrogens is 198 g/mol. The molecular formula is C11H13ClNO+. The fourth-order valence-corrected chi connectivity index (χ4v) is 1.72. The molecule has 2 nitrogen and oxygen atoms in total. The number of halogens is 1. The van der Waals surface area contributed by atoms with Gasteiger partial charge in [-0.15, -0.1) is 0 Å². The van der Waals surface area contributed by atoms with Gasteiger partial charge in [-0.3, -0.25) is 0 Å². The van der Waals surface area contributed by atoms with Gasteiger partial charge in [0.25, 0.3) is 10.7 Å². The summed E-state index contributed by atoms with van der Waals surface area (Å²) >= 11 is 6.00. The van der Waals surface area contributed by atoms with Crippen LogP contribution in [0.3, 0.4) is 0 Å². The molecule has 0 amide bonds. The SMILES string of the molecule is CC(C)(C)[n+]1oc(Cl)c2ccccc21. The van der Waals surface area contributed by atoms with Gasteiger partial charge >= 0.3 is 0 Å². The normalized spacial score (nSPS) is 12.3. The van der Waals surface area contributed by atoms with Crippen molar-refractivity contribution in [1.29, 1.82) is 0 Å². The fourth-order valence-electron chi connectivity index (χ4n) is 1.49. The minimum absolute atomic E-state index is 0.0905. The van der Waals surface area contributed by atoms with Crippen molar-refractivity contribution in [2.24, 2.45) is 0 Å². The largest absolute Gasteiger partial charge is 0.284 e. The Morgan fingerprint density at radius 2 is 1.86 bits per heavy atom. The van der Waals surface area contributed by atoms with Gasteiger partial charge in [0.05, 0.1) is 0 Å². The molecule has 0 spiro atoms. The average Bonchev–Trinajstić information content (AvgIpc) is 2.44. The monoisotopic (exact) mass is 210 g/mol. The highest BCUT2D eigenvalue weighted by molar-refractivity contribution is 6.33. The van der Waals surface area contributed by atoms with Crippen LogP contribution in [0.4, 0.5) is 0 Å². The van der Waals surface area contributed by atoms with Crippen LogP contribution in [0.2, 0.25) is 5.22 Å². The zero-order chi connectivity index (χ0) is 10.3. The van der Waals surface area contributed by atoms with E-state index >= 15 is 0 Å². The van der Waals surface area contributed by atoms with Crippen molar-refractivity contribution in [2.45, 2.75) is 26.3 Å². The number of nitrogens with zero attached hydrogens (tertiary/aromatic N) is 1. The first-order valence-electron chi connectivity index (χ1n) is 4.60. The van der Waals surface area contributed by atoms with Gasteiger partial charge in [-0.1, -0.05) is 12.1 Å². The maximum atomic E-state index is 6.00. The first-order valence-corrected chi connectivity index (χ1v) is 4.98. The minimum atomic E-state index is -0.0905. The smallest absolute Gasteiger partial charge is 0.222 e. The Kier molecular flexibility index (Phi) is 2.04. The lowest BCUT2D eigenvalue weighted by Gasteiger charge is -2.06. The fraction of sp³-hybridized carbons (Fsp3) is 0.364. The zero-order valence-corrected chi connectivity index (χ0v) is 9.30. The number of aromatic nitrogens is 1. The van der Waals surface area contributed by atoms with Gasteiger partial charge in [0.2, 0.25) is 5.54 Å². The summed E-state index contributed by atoms with van der Waals surface area (Å²) in [6.07, 6.45) is 0. The molecule has 2 aromatic rings. The average molecular weight is 211 g/mol. The molecule has 1 aromatic heterocycles. The summed E-state index contributed by atoms with van der Waals surface area (Å²) < 4.78 is 7.35. The second-order valence-corrected chi connectivity index (χ2v) is 4.69. The summed E-state index contributed by atoms with van der Waals surface area (Å²) in [6, 6.07) is 7.91. The molecule has 2 rings (SSSR count). The lowest BCUT2D eigenvalue weighted by molar-refractivity contribution is -0.887. The van der Waals surface area contributed by atoms with Crippen LogP contribution in [-0.4, -0.2) is 0 Å². The highest BCUT2D eigenvalue weighted by atomic mass is 35.5. The molecule has 0 fully saturated rings. The van der Waals surface area contributed by atoms with Gasteiger partial charge < -0.3 is 0 Å². The molecule has 0 N–H and O–H groups in total. The lowest BCUT2D eigenvalue weighted by Crippen LogP contribution is -2.48. The molecule has 1 aromatic carbocycles. The number of fused-ring (bicyclic) bond motifs is 1. The van der Waals surface area contributed by atoms with E-state index in [0.717, 1.165) is 10.9 Å². The molecule has 0 saturated carbocycles. The van der Waals surface area contributed by atoms with Gasteiger partial charge in [0, 0.05) is 26.8 Å². The molecule has 1 heterocycles. The summed E-state index contributed by atoms with van der Waals surface area (Å²) in [5, 5.41) is 1.42. The number of hydrogen-bond acceptors (Lipinski definition) is 1. The van der Waals surface area contributed by atoms with Crippen LogP contribution in [-0.2, 0) is 5.54 Å². The molecule has 0 unspecified atom stereocenters. The third-order valence-corrected chi connectivity index (χ3v) is 2.39. The molecule has 14 heavy (non-hydrogen) atoms. The van der Waals surface area contributed by atoms with E-state index < -0.39 is 0 Å². The van der Waals surface area contributed by atoms with Crippen LogP contribution in [0.1, 0.15) is 20.8 Å². The minimum Gasteiger partial charge on any atom is -0.222 e. The summed E-state index contributed by atoms with van der Waals surface area (Å²) in [5.41, 5.74) is 0.942. The van der Waals surface area contributed by atoms with Crippen LogP contribution >= 0.6 is 11.6 Å². The summed E-state index contributed by atoms with van der Waals surface area (Å²) in [5.74, 6) is 0.